The number of alkyl halides is 3. The Morgan fingerprint density at radius 2 is 1.83 bits per heavy atom. The zero-order valence-corrected chi connectivity index (χ0v) is 22.2. The molecule has 0 radical (unpaired) electrons. The highest BCUT2D eigenvalue weighted by Crippen LogP contribution is 2.37. The summed E-state index contributed by atoms with van der Waals surface area (Å²) in [6.07, 6.45) is -4.28. The van der Waals surface area contributed by atoms with Crippen molar-refractivity contribution in [2.24, 2.45) is 0 Å². The van der Waals surface area contributed by atoms with Crippen molar-refractivity contribution in [3.63, 3.8) is 0 Å². The third-order valence-electron chi connectivity index (χ3n) is 6.29. The summed E-state index contributed by atoms with van der Waals surface area (Å²) >= 11 is 0. The topological polar surface area (TPSA) is 103 Å². The van der Waals surface area contributed by atoms with E-state index in [2.05, 4.69) is 10.1 Å². The lowest BCUT2D eigenvalue weighted by molar-refractivity contribution is -0.303. The molecule has 1 aliphatic rings. The summed E-state index contributed by atoms with van der Waals surface area (Å²) < 4.78 is 67.6. The fourth-order valence-corrected chi connectivity index (χ4v) is 4.45. The Balaban J connectivity index is 1.74. The average molecular weight is 576 g/mol. The second kappa shape index (κ2) is 12.3. The van der Waals surface area contributed by atoms with Gasteiger partial charge in [0.15, 0.2) is 0 Å². The number of hydrogen-bond acceptors (Lipinski definition) is 7. The van der Waals surface area contributed by atoms with E-state index in [0.29, 0.717) is 40.3 Å². The second-order valence-corrected chi connectivity index (χ2v) is 9.25. The number of fused-ring (bicyclic) bond motifs is 1. The Hall–Kier alpha value is -4.61. The standard InChI is InChI=1S/C29H28F4N2O6/c1-17-12-19(30)6-8-24(17)27(34-20-13-22(39-2)15-23(14-20)40-11-3-4-26(36)37)28(38)35-10-9-18-5-7-21(16-25(18)35)41-29(31,32)33/h5-8,12-16,34,38H,3-4,9-11H2,1-2H3,(H,36,37)/p-1. The number of methoxy groups -OCH3 is 1. The molecular formula is C29H27F4N2O6-. The summed E-state index contributed by atoms with van der Waals surface area (Å²) in [5.41, 5.74) is 2.17. The highest BCUT2D eigenvalue weighted by molar-refractivity contribution is 5.83. The third-order valence-corrected chi connectivity index (χ3v) is 6.29. The van der Waals surface area contributed by atoms with Gasteiger partial charge in [0.1, 0.15) is 23.1 Å². The van der Waals surface area contributed by atoms with Crippen molar-refractivity contribution in [1.29, 1.82) is 0 Å². The minimum Gasteiger partial charge on any atom is -0.859 e. The van der Waals surface area contributed by atoms with Crippen LogP contribution in [0.5, 0.6) is 17.2 Å². The quantitative estimate of drug-likeness (QED) is 0.177. The van der Waals surface area contributed by atoms with Crippen LogP contribution in [-0.4, -0.2) is 37.7 Å². The van der Waals surface area contributed by atoms with Gasteiger partial charge in [0.05, 0.1) is 19.4 Å². The largest absolute Gasteiger partial charge is 0.859 e. The van der Waals surface area contributed by atoms with Gasteiger partial charge in [0.2, 0.25) is 0 Å². The molecule has 0 spiro atoms. The Labute approximate surface area is 233 Å². The number of anilines is 2. The Morgan fingerprint density at radius 1 is 1.07 bits per heavy atom. The maximum Gasteiger partial charge on any atom is 0.573 e. The molecule has 3 aromatic carbocycles. The summed E-state index contributed by atoms with van der Waals surface area (Å²) in [4.78, 5) is 12.1. The lowest BCUT2D eigenvalue weighted by Crippen LogP contribution is -2.31. The van der Waals surface area contributed by atoms with Crippen LogP contribution in [0.2, 0.25) is 0 Å². The number of nitrogens with zero attached hydrogens (tertiary/aromatic N) is 1. The van der Waals surface area contributed by atoms with Crippen molar-refractivity contribution in [1.82, 2.24) is 0 Å². The first kappa shape index (κ1) is 29.4. The highest BCUT2D eigenvalue weighted by Gasteiger charge is 2.32. The predicted octanol–water partition coefficient (Wildman–Crippen LogP) is 5.45. The van der Waals surface area contributed by atoms with Gasteiger partial charge >= 0.3 is 12.3 Å². The minimum atomic E-state index is -4.90. The van der Waals surface area contributed by atoms with Gasteiger partial charge in [0.25, 0.3) is 0 Å². The van der Waals surface area contributed by atoms with Gasteiger partial charge in [-0.3, -0.25) is 4.79 Å². The van der Waals surface area contributed by atoms with Crippen LogP contribution in [0.25, 0.3) is 5.70 Å². The first-order chi connectivity index (χ1) is 19.4. The van der Waals surface area contributed by atoms with E-state index in [1.54, 1.807) is 25.1 Å². The van der Waals surface area contributed by atoms with E-state index < -0.39 is 29.8 Å². The summed E-state index contributed by atoms with van der Waals surface area (Å²) in [6, 6.07) is 12.5. The molecule has 0 fully saturated rings. The first-order valence-corrected chi connectivity index (χ1v) is 12.6. The van der Waals surface area contributed by atoms with E-state index in [9.17, 15) is 27.5 Å². The number of benzene rings is 3. The maximum atomic E-state index is 14.0. The molecule has 8 nitrogen and oxygen atoms in total. The van der Waals surface area contributed by atoms with Gasteiger partial charge < -0.3 is 34.6 Å². The molecule has 2 N–H and O–H groups in total. The number of rotatable bonds is 11. The van der Waals surface area contributed by atoms with Crippen LogP contribution in [0.4, 0.5) is 28.9 Å². The fraction of sp³-hybridized carbons (Fsp3) is 0.276. The number of carboxylic acids is 1. The van der Waals surface area contributed by atoms with Crippen LogP contribution in [-0.2, 0) is 11.2 Å². The average Bonchev–Trinajstić information content (AvgIpc) is 3.32. The zero-order chi connectivity index (χ0) is 29.7. The maximum absolute atomic E-state index is 14.0. The van der Waals surface area contributed by atoms with Gasteiger partial charge in [0, 0.05) is 54.2 Å². The molecule has 218 valence electrons. The van der Waals surface area contributed by atoms with Gasteiger partial charge in [-0.25, -0.2) is 4.39 Å². The van der Waals surface area contributed by atoms with Crippen LogP contribution in [0.1, 0.15) is 29.5 Å². The summed E-state index contributed by atoms with van der Waals surface area (Å²) in [6.45, 7) is 1.95. The normalized spacial score (nSPS) is 13.4. The van der Waals surface area contributed by atoms with Crippen LogP contribution in [0.3, 0.4) is 0 Å². The molecule has 0 unspecified atom stereocenters. The van der Waals surface area contributed by atoms with E-state index in [-0.39, 0.29) is 37.4 Å². The number of hydrogen-bond donors (Lipinski definition) is 2. The van der Waals surface area contributed by atoms with E-state index >= 15 is 0 Å². The van der Waals surface area contributed by atoms with Crippen LogP contribution in [0, 0.1) is 12.7 Å². The summed E-state index contributed by atoms with van der Waals surface area (Å²) in [5, 5.41) is 25.9. The SMILES string of the molecule is COc1cc(NC(=C([O-])N2CCc3ccc(OC(F)(F)F)cc32)c2ccc(F)cc2C)cc(OCCCC(=O)O)c1. The fourth-order valence-electron chi connectivity index (χ4n) is 4.45. The lowest BCUT2D eigenvalue weighted by atomic mass is 10.0. The molecule has 3 aromatic rings. The molecule has 0 aliphatic carbocycles. The van der Waals surface area contributed by atoms with Gasteiger partial charge in [-0.2, -0.15) is 0 Å². The van der Waals surface area contributed by atoms with Crippen molar-refractivity contribution in [3.8, 4) is 17.2 Å². The molecule has 0 saturated carbocycles. The summed E-state index contributed by atoms with van der Waals surface area (Å²) in [5.74, 6) is -1.74. The van der Waals surface area contributed by atoms with E-state index in [1.807, 2.05) is 0 Å². The Morgan fingerprint density at radius 3 is 2.51 bits per heavy atom. The third kappa shape index (κ3) is 7.53. The molecule has 0 bridgehead atoms. The lowest BCUT2D eigenvalue weighted by Gasteiger charge is -2.32. The number of halogens is 4. The van der Waals surface area contributed by atoms with Crippen LogP contribution < -0.4 is 29.5 Å². The molecule has 41 heavy (non-hydrogen) atoms. The van der Waals surface area contributed by atoms with E-state index in [0.717, 1.165) is 6.07 Å². The number of aliphatic carboxylic acids is 1. The number of aryl methyl sites for hydroxylation is 1. The molecule has 12 heteroatoms. The molecule has 1 heterocycles. The minimum absolute atomic E-state index is 0.0440. The molecule has 0 saturated heterocycles. The molecular weight excluding hydrogens is 548 g/mol. The van der Waals surface area contributed by atoms with Crippen LogP contribution >= 0.6 is 0 Å². The Kier molecular flexibility index (Phi) is 8.80. The van der Waals surface area contributed by atoms with Crippen molar-refractivity contribution in [2.45, 2.75) is 32.5 Å². The zero-order valence-electron chi connectivity index (χ0n) is 22.2. The Bertz CT molecular complexity index is 1460. The number of carbonyl (C=O) groups is 1. The molecule has 1 aliphatic heterocycles. The van der Waals surface area contributed by atoms with Crippen LogP contribution in [0.15, 0.2) is 60.5 Å². The number of ether oxygens (including phenoxy) is 3. The van der Waals surface area contributed by atoms with Gasteiger partial charge in [-0.1, -0.05) is 6.07 Å². The first-order valence-electron chi connectivity index (χ1n) is 12.6. The summed E-state index contributed by atoms with van der Waals surface area (Å²) in [7, 11) is 1.44. The van der Waals surface area contributed by atoms with Crippen molar-refractivity contribution in [3.05, 3.63) is 83.0 Å². The monoisotopic (exact) mass is 575 g/mol. The van der Waals surface area contributed by atoms with Gasteiger partial charge in [-0.05, 0) is 61.0 Å². The number of nitrogens with one attached hydrogen (secondary N) is 1. The second-order valence-electron chi connectivity index (χ2n) is 9.25. The van der Waals surface area contributed by atoms with E-state index in [4.69, 9.17) is 14.6 Å². The predicted molar refractivity (Wildman–Crippen MR) is 141 cm³/mol. The van der Waals surface area contributed by atoms with Crippen molar-refractivity contribution < 1.29 is 46.8 Å². The molecule has 0 aromatic heterocycles. The number of carboxylic acid groups (broad SMARTS) is 1. The molecule has 4 rings (SSSR count). The molecule has 0 atom stereocenters. The van der Waals surface area contributed by atoms with E-state index in [1.165, 1.54) is 42.3 Å². The van der Waals surface area contributed by atoms with Crippen molar-refractivity contribution in [2.75, 3.05) is 30.5 Å². The van der Waals surface area contributed by atoms with Gasteiger partial charge in [-0.15, -0.1) is 13.2 Å². The van der Waals surface area contributed by atoms with Crippen molar-refractivity contribution >= 4 is 23.0 Å². The molecule has 0 amide bonds. The highest BCUT2D eigenvalue weighted by atomic mass is 19.4. The smallest absolute Gasteiger partial charge is 0.573 e.